The minimum Gasteiger partial charge on any atom is -0.358 e. The van der Waals surface area contributed by atoms with E-state index in [1.165, 1.54) is 31.5 Å². The number of H-pyrrole nitrogens is 1. The number of carbonyl (C=O) groups is 2. The highest BCUT2D eigenvalue weighted by molar-refractivity contribution is 8.23. The summed E-state index contributed by atoms with van der Waals surface area (Å²) in [6.45, 7) is 9.02. The van der Waals surface area contributed by atoms with E-state index < -0.39 is 0 Å². The molecule has 1 saturated heterocycles. The minimum atomic E-state index is -0.260. The molecule has 0 radical (unpaired) electrons. The van der Waals surface area contributed by atoms with Gasteiger partial charge in [0.15, 0.2) is 11.6 Å². The molecule has 1 aromatic heterocycles. The maximum atomic E-state index is 12.7. The third-order valence-electron chi connectivity index (χ3n) is 4.05. The van der Waals surface area contributed by atoms with Crippen LogP contribution in [-0.4, -0.2) is 44.1 Å². The van der Waals surface area contributed by atoms with E-state index in [2.05, 4.69) is 9.88 Å². The quantitative estimate of drug-likeness (QED) is 0.672. The fourth-order valence-corrected chi connectivity index (χ4v) is 4.38. The smallest absolute Gasteiger partial charge is 0.192 e. The third-order valence-corrected chi connectivity index (χ3v) is 5.62. The second-order valence-corrected chi connectivity index (χ2v) is 7.74. The first kappa shape index (κ1) is 17.2. The van der Waals surface area contributed by atoms with Gasteiger partial charge in [0.2, 0.25) is 0 Å². The van der Waals surface area contributed by atoms with Gasteiger partial charge in [0, 0.05) is 24.3 Å². The number of ketones is 2. The lowest BCUT2D eigenvalue weighted by molar-refractivity contribution is 0.0988. The summed E-state index contributed by atoms with van der Waals surface area (Å²) in [6, 6.07) is 0. The second kappa shape index (κ2) is 6.96. The van der Waals surface area contributed by atoms with Crippen LogP contribution in [0.4, 0.5) is 0 Å². The molecule has 0 spiro atoms. The molecule has 1 aromatic rings. The Morgan fingerprint density at radius 2 is 1.86 bits per heavy atom. The maximum Gasteiger partial charge on any atom is 0.192 e. The molecule has 0 bridgehead atoms. The monoisotopic (exact) mass is 338 g/mol. The Morgan fingerprint density at radius 3 is 2.36 bits per heavy atom. The zero-order valence-corrected chi connectivity index (χ0v) is 15.1. The molecule has 22 heavy (non-hydrogen) atoms. The average Bonchev–Trinajstić information content (AvgIpc) is 3.05. The van der Waals surface area contributed by atoms with Gasteiger partial charge in [-0.2, -0.15) is 0 Å². The Kier molecular flexibility index (Phi) is 5.45. The lowest BCUT2D eigenvalue weighted by Crippen LogP contribution is -2.27. The summed E-state index contributed by atoms with van der Waals surface area (Å²) < 4.78 is 0.797. The molecule has 0 aromatic carbocycles. The van der Waals surface area contributed by atoms with E-state index in [9.17, 15) is 9.59 Å². The Hall–Kier alpha value is -1.14. The van der Waals surface area contributed by atoms with Crippen LogP contribution in [0.1, 0.15) is 58.8 Å². The fraction of sp³-hybridized carbons (Fsp3) is 0.562. The van der Waals surface area contributed by atoms with Gasteiger partial charge >= 0.3 is 0 Å². The Morgan fingerprint density at radius 1 is 1.27 bits per heavy atom. The van der Waals surface area contributed by atoms with Crippen LogP contribution in [0.3, 0.4) is 0 Å². The molecule has 1 N–H and O–H groups in total. The normalized spacial score (nSPS) is 15.9. The van der Waals surface area contributed by atoms with Gasteiger partial charge in [-0.1, -0.05) is 24.0 Å². The number of thioether (sulfide) groups is 1. The van der Waals surface area contributed by atoms with E-state index in [0.717, 1.165) is 28.7 Å². The largest absolute Gasteiger partial charge is 0.358 e. The van der Waals surface area contributed by atoms with Crippen molar-refractivity contribution < 1.29 is 9.59 Å². The van der Waals surface area contributed by atoms with Gasteiger partial charge in [-0.05, 0) is 46.1 Å². The van der Waals surface area contributed by atoms with Crippen molar-refractivity contribution in [3.8, 4) is 0 Å². The second-order valence-electron chi connectivity index (χ2n) is 5.77. The number of hydrogen-bond acceptors (Lipinski definition) is 4. The minimum absolute atomic E-state index is 0.000327. The van der Waals surface area contributed by atoms with Crippen molar-refractivity contribution >= 4 is 39.9 Å². The maximum absolute atomic E-state index is 12.7. The standard InChI is InChI=1S/C16H22N2O2S2/c1-9-13(11(3)19)10(2)17-14(9)15(20)12(4)22-16(21)18-7-5-6-8-18/h12,17H,5-8H2,1-4H3/t12-/m0/s1. The third kappa shape index (κ3) is 3.43. The molecule has 120 valence electrons. The first-order chi connectivity index (χ1) is 10.3. The Balaban J connectivity index is 2.12. The summed E-state index contributed by atoms with van der Waals surface area (Å²) in [7, 11) is 0. The summed E-state index contributed by atoms with van der Waals surface area (Å²) in [4.78, 5) is 29.6. The molecule has 0 unspecified atom stereocenters. The number of hydrogen-bond donors (Lipinski definition) is 1. The van der Waals surface area contributed by atoms with Gasteiger partial charge in [-0.3, -0.25) is 9.59 Å². The number of thiocarbonyl (C=S) groups is 1. The van der Waals surface area contributed by atoms with Gasteiger partial charge in [0.05, 0.1) is 10.9 Å². The predicted octanol–water partition coefficient (Wildman–Crippen LogP) is 3.52. The zero-order valence-electron chi connectivity index (χ0n) is 13.5. The van der Waals surface area contributed by atoms with Crippen molar-refractivity contribution in [2.45, 2.75) is 45.8 Å². The molecular formula is C16H22N2O2S2. The molecule has 1 atom stereocenters. The number of aromatic nitrogens is 1. The highest BCUT2D eigenvalue weighted by Crippen LogP contribution is 2.26. The van der Waals surface area contributed by atoms with Crippen LogP contribution in [0.15, 0.2) is 0 Å². The van der Waals surface area contributed by atoms with Gasteiger partial charge in [-0.25, -0.2) is 0 Å². The van der Waals surface area contributed by atoms with Crippen LogP contribution in [0.2, 0.25) is 0 Å². The van der Waals surface area contributed by atoms with Crippen LogP contribution in [0.25, 0.3) is 0 Å². The molecule has 1 aliphatic rings. The van der Waals surface area contributed by atoms with E-state index in [1.807, 2.05) is 20.8 Å². The van der Waals surface area contributed by atoms with Gasteiger partial charge in [0.1, 0.15) is 4.32 Å². The summed E-state index contributed by atoms with van der Waals surface area (Å²) >= 11 is 6.87. The number of Topliss-reactive ketones (excluding diaryl/α,β-unsaturated/α-hetero) is 2. The van der Waals surface area contributed by atoms with Crippen molar-refractivity contribution in [1.82, 2.24) is 9.88 Å². The zero-order chi connectivity index (χ0) is 16.4. The van der Waals surface area contributed by atoms with Crippen molar-refractivity contribution in [3.05, 3.63) is 22.5 Å². The van der Waals surface area contributed by atoms with Gasteiger partial charge < -0.3 is 9.88 Å². The SMILES string of the molecule is CC(=O)c1c(C)[nH]c(C(=O)[C@H](C)SC(=S)N2CCCC2)c1C. The first-order valence-electron chi connectivity index (χ1n) is 7.52. The number of aryl methyl sites for hydroxylation is 1. The van der Waals surface area contributed by atoms with Crippen LogP contribution < -0.4 is 0 Å². The van der Waals surface area contributed by atoms with E-state index in [4.69, 9.17) is 12.2 Å². The number of nitrogens with one attached hydrogen (secondary N) is 1. The number of aromatic amines is 1. The Bertz CT molecular complexity index is 616. The van der Waals surface area contributed by atoms with Crippen LogP contribution in [0, 0.1) is 13.8 Å². The number of rotatable bonds is 4. The Labute approximate surface area is 141 Å². The van der Waals surface area contributed by atoms with Crippen LogP contribution in [-0.2, 0) is 0 Å². The molecule has 0 aliphatic carbocycles. The average molecular weight is 338 g/mol. The molecule has 2 rings (SSSR count). The highest BCUT2D eigenvalue weighted by atomic mass is 32.2. The summed E-state index contributed by atoms with van der Waals surface area (Å²) in [5.74, 6) is -0.0159. The molecule has 0 saturated carbocycles. The summed E-state index contributed by atoms with van der Waals surface area (Å²) in [6.07, 6.45) is 2.33. The van der Waals surface area contributed by atoms with E-state index in [1.54, 1.807) is 0 Å². The summed E-state index contributed by atoms with van der Waals surface area (Å²) in [5.41, 5.74) is 2.66. The molecule has 1 fully saturated rings. The van der Waals surface area contributed by atoms with Crippen molar-refractivity contribution in [3.63, 3.8) is 0 Å². The summed E-state index contributed by atoms with van der Waals surface area (Å²) in [5, 5.41) is -0.260. The molecule has 1 aliphatic heterocycles. The van der Waals surface area contributed by atoms with E-state index in [0.29, 0.717) is 11.3 Å². The lowest BCUT2D eigenvalue weighted by atomic mass is 10.0. The van der Waals surface area contributed by atoms with Gasteiger partial charge in [0.25, 0.3) is 0 Å². The number of carbonyl (C=O) groups excluding carboxylic acids is 2. The van der Waals surface area contributed by atoms with Crippen molar-refractivity contribution in [1.29, 1.82) is 0 Å². The number of likely N-dealkylation sites (tertiary alicyclic amines) is 1. The van der Waals surface area contributed by atoms with Crippen molar-refractivity contribution in [2.75, 3.05) is 13.1 Å². The highest BCUT2D eigenvalue weighted by Gasteiger charge is 2.26. The van der Waals surface area contributed by atoms with Crippen LogP contribution in [0.5, 0.6) is 0 Å². The van der Waals surface area contributed by atoms with E-state index >= 15 is 0 Å². The van der Waals surface area contributed by atoms with Crippen molar-refractivity contribution in [2.24, 2.45) is 0 Å². The molecule has 6 heteroatoms. The fourth-order valence-electron chi connectivity index (χ4n) is 2.91. The predicted molar refractivity (Wildman–Crippen MR) is 95.1 cm³/mol. The first-order valence-corrected chi connectivity index (χ1v) is 8.81. The lowest BCUT2D eigenvalue weighted by Gasteiger charge is -2.20. The van der Waals surface area contributed by atoms with Crippen LogP contribution >= 0.6 is 24.0 Å². The topological polar surface area (TPSA) is 53.2 Å². The molecule has 2 heterocycles. The van der Waals surface area contributed by atoms with E-state index in [-0.39, 0.29) is 16.8 Å². The molecule has 0 amide bonds. The molecule has 4 nitrogen and oxygen atoms in total. The molecular weight excluding hydrogens is 316 g/mol. The number of nitrogens with zero attached hydrogens (tertiary/aromatic N) is 1. The van der Waals surface area contributed by atoms with Gasteiger partial charge in [-0.15, -0.1) is 0 Å².